The van der Waals surface area contributed by atoms with Gasteiger partial charge in [0.05, 0.1) is 23.3 Å². The molecular weight excluding hydrogens is 895 g/mol. The van der Waals surface area contributed by atoms with Crippen LogP contribution in [-0.4, -0.2) is 110 Å². The molecule has 0 saturated carbocycles. The maximum atomic E-state index is 11.7. The second kappa shape index (κ2) is 21.6. The molecule has 1 atom stereocenters. The molecule has 0 bridgehead atoms. The van der Waals surface area contributed by atoms with E-state index in [2.05, 4.69) is 95.7 Å². The van der Waals surface area contributed by atoms with Gasteiger partial charge >= 0.3 is 0 Å². The number of likely N-dealkylation sites (N-methyl/N-ethyl adjacent to an activating group) is 1. The molecule has 3 amide bonds. The van der Waals surface area contributed by atoms with Gasteiger partial charge in [0, 0.05) is 109 Å². The topological polar surface area (TPSA) is 199 Å². The van der Waals surface area contributed by atoms with Gasteiger partial charge in [0.15, 0.2) is 5.82 Å². The highest BCUT2D eigenvalue weighted by Gasteiger charge is 2.25. The number of ether oxygens (including phenoxy) is 1. The van der Waals surface area contributed by atoms with Crippen molar-refractivity contribution in [1.82, 2.24) is 39.9 Å². The Kier molecular flexibility index (Phi) is 14.3. The minimum atomic E-state index is -0.316. The quantitative estimate of drug-likeness (QED) is 0.0688. The number of aromatic amines is 1. The van der Waals surface area contributed by atoms with Crippen molar-refractivity contribution in [3.05, 3.63) is 153 Å². The average molecular weight is 948 g/mol. The smallest absolute Gasteiger partial charge is 0.248 e. The van der Waals surface area contributed by atoms with Crippen LogP contribution in [0.5, 0.6) is 5.75 Å². The van der Waals surface area contributed by atoms with Crippen LogP contribution in [0.15, 0.2) is 153 Å². The van der Waals surface area contributed by atoms with E-state index in [-0.39, 0.29) is 23.8 Å². The predicted molar refractivity (Wildman–Crippen MR) is 280 cm³/mol. The zero-order chi connectivity index (χ0) is 49.3. The van der Waals surface area contributed by atoms with Gasteiger partial charge in [0.2, 0.25) is 29.6 Å². The normalized spacial score (nSPS) is 14.5. The molecule has 10 rings (SSSR count). The highest BCUT2D eigenvalue weighted by Crippen LogP contribution is 2.32. The Morgan fingerprint density at radius 2 is 1.30 bits per heavy atom. The molecule has 5 heterocycles. The summed E-state index contributed by atoms with van der Waals surface area (Å²) in [6.07, 6.45) is 6.87. The van der Waals surface area contributed by atoms with Crippen LogP contribution in [0.25, 0.3) is 44.2 Å². The molecule has 2 saturated heterocycles. The Balaban J connectivity index is 0.000000176. The molecule has 0 aliphatic carbocycles. The molecule has 0 radical (unpaired) electrons. The Hall–Kier alpha value is -8.96. The summed E-state index contributed by atoms with van der Waals surface area (Å²) in [4.78, 5) is 59.9. The van der Waals surface area contributed by atoms with E-state index in [4.69, 9.17) is 14.7 Å². The van der Waals surface area contributed by atoms with Crippen LogP contribution in [-0.2, 0) is 14.4 Å². The van der Waals surface area contributed by atoms with Crippen LogP contribution in [0.2, 0.25) is 0 Å². The van der Waals surface area contributed by atoms with Crippen molar-refractivity contribution >= 4 is 80.0 Å². The van der Waals surface area contributed by atoms with Gasteiger partial charge in [0.25, 0.3) is 0 Å². The van der Waals surface area contributed by atoms with E-state index in [1.807, 2.05) is 84.9 Å². The summed E-state index contributed by atoms with van der Waals surface area (Å²) in [6, 6.07) is 37.1. The number of amides is 3. The van der Waals surface area contributed by atoms with E-state index < -0.39 is 0 Å². The van der Waals surface area contributed by atoms with Crippen molar-refractivity contribution in [3.8, 4) is 28.1 Å². The van der Waals surface area contributed by atoms with E-state index in [1.165, 1.54) is 17.8 Å². The fourth-order valence-electron chi connectivity index (χ4n) is 8.34. The number of fused-ring (bicyclic) bond motifs is 2. The number of para-hydroxylation sites is 2. The summed E-state index contributed by atoms with van der Waals surface area (Å²) in [5.41, 5.74) is 8.68. The number of nitrogens with one attached hydrogen (secondary N) is 5. The summed E-state index contributed by atoms with van der Waals surface area (Å²) < 4.78 is 6.04. The Bertz CT molecular complexity index is 3220. The molecular formula is C54H53N13O4. The summed E-state index contributed by atoms with van der Waals surface area (Å²) in [6.45, 7) is 14.1. The molecule has 2 aliphatic heterocycles. The second-order valence-corrected chi connectivity index (χ2v) is 17.1. The molecule has 358 valence electrons. The zero-order valence-electron chi connectivity index (χ0n) is 39.4. The van der Waals surface area contributed by atoms with E-state index in [0.29, 0.717) is 29.9 Å². The van der Waals surface area contributed by atoms with Gasteiger partial charge in [0.1, 0.15) is 11.9 Å². The van der Waals surface area contributed by atoms with Gasteiger partial charge in [-0.1, -0.05) is 61.7 Å². The van der Waals surface area contributed by atoms with E-state index in [0.717, 1.165) is 100 Å². The predicted octanol–water partition coefficient (Wildman–Crippen LogP) is 8.80. The molecule has 17 heteroatoms. The van der Waals surface area contributed by atoms with Crippen LogP contribution in [0.1, 0.15) is 13.3 Å². The van der Waals surface area contributed by atoms with Crippen molar-refractivity contribution in [1.29, 1.82) is 0 Å². The third-order valence-electron chi connectivity index (χ3n) is 12.1. The first-order valence-electron chi connectivity index (χ1n) is 23.2. The van der Waals surface area contributed by atoms with Crippen LogP contribution in [0, 0.1) is 0 Å². The van der Waals surface area contributed by atoms with Crippen molar-refractivity contribution in [2.24, 2.45) is 0 Å². The summed E-state index contributed by atoms with van der Waals surface area (Å²) in [5, 5.41) is 21.0. The van der Waals surface area contributed by atoms with Crippen LogP contribution in [0.4, 0.5) is 40.5 Å². The van der Waals surface area contributed by atoms with Crippen LogP contribution >= 0.6 is 0 Å². The van der Waals surface area contributed by atoms with Crippen molar-refractivity contribution in [2.75, 3.05) is 72.5 Å². The Morgan fingerprint density at radius 1 is 0.690 bits per heavy atom. The SMILES string of the molecule is C=CC(=O)Nc1cc(-c2cccc3cnc(Nc4ccc(N5CCN(C)CC5)cc4)nc23)[nH]n1.C=CC(=O)Nc1cccc(-c2cccc3cnc(Nc4ccc(O[C@H]5CCN(C(C)=O)C5)cc4)nc23)c1. The molecule has 71 heavy (non-hydrogen) atoms. The third-order valence-corrected chi connectivity index (χ3v) is 12.1. The fraction of sp³-hybridized carbons (Fsp3) is 0.185. The minimum Gasteiger partial charge on any atom is -0.489 e. The summed E-state index contributed by atoms with van der Waals surface area (Å²) >= 11 is 0. The van der Waals surface area contributed by atoms with Crippen molar-refractivity contribution in [2.45, 2.75) is 19.4 Å². The zero-order valence-corrected chi connectivity index (χ0v) is 39.4. The molecule has 2 aliphatic rings. The number of nitrogens with zero attached hydrogens (tertiary/aromatic N) is 8. The first-order chi connectivity index (χ1) is 34.6. The highest BCUT2D eigenvalue weighted by atomic mass is 16.5. The minimum absolute atomic E-state index is 0.00791. The standard InChI is InChI=1S/C29H27N5O3.C25H26N8O/c1-3-27(36)31-23-8-4-6-20(16-23)26-9-5-7-21-17-30-29(33-28(21)26)32-22-10-12-24(13-11-22)37-25-14-15-34(18-25)19(2)35;1-3-23(34)28-22-15-21(30-31-22)20-6-4-5-17-16-26-25(29-24(17)20)27-18-7-9-19(10-8-18)33-13-11-32(2)12-14-33/h3-13,16-17,25H,1,14-15,18H2,2H3,(H,31,36)(H,30,32,33);3-10,15-16H,1,11-14H2,2H3,(H,26,27,29)(H2,28,30,31,34)/t25-;/m0./s1. The van der Waals surface area contributed by atoms with Gasteiger partial charge in [-0.15, -0.1) is 0 Å². The number of likely N-dealkylation sites (tertiary alicyclic amines) is 1. The summed E-state index contributed by atoms with van der Waals surface area (Å²) in [5.74, 6) is 1.65. The Morgan fingerprint density at radius 3 is 1.93 bits per heavy atom. The number of hydrogen-bond donors (Lipinski definition) is 5. The lowest BCUT2D eigenvalue weighted by Crippen LogP contribution is -2.44. The number of piperazine rings is 1. The molecule has 8 aromatic rings. The molecule has 17 nitrogen and oxygen atoms in total. The van der Waals surface area contributed by atoms with Gasteiger partial charge in [-0.25, -0.2) is 19.9 Å². The number of benzene rings is 5. The first kappa shape index (κ1) is 47.1. The molecule has 5 N–H and O–H groups in total. The lowest BCUT2D eigenvalue weighted by molar-refractivity contribution is -0.128. The first-order valence-corrected chi connectivity index (χ1v) is 23.2. The lowest BCUT2D eigenvalue weighted by Gasteiger charge is -2.34. The van der Waals surface area contributed by atoms with Gasteiger partial charge < -0.3 is 40.7 Å². The largest absolute Gasteiger partial charge is 0.489 e. The van der Waals surface area contributed by atoms with Gasteiger partial charge in [-0.2, -0.15) is 5.10 Å². The number of hydrogen-bond acceptors (Lipinski definition) is 13. The van der Waals surface area contributed by atoms with Crippen LogP contribution < -0.4 is 30.9 Å². The highest BCUT2D eigenvalue weighted by molar-refractivity contribution is 6.01. The maximum absolute atomic E-state index is 11.7. The average Bonchev–Trinajstić information content (AvgIpc) is 4.07. The van der Waals surface area contributed by atoms with Crippen molar-refractivity contribution < 1.29 is 19.1 Å². The van der Waals surface area contributed by atoms with Crippen molar-refractivity contribution in [3.63, 3.8) is 0 Å². The fourth-order valence-corrected chi connectivity index (χ4v) is 8.34. The lowest BCUT2D eigenvalue weighted by atomic mass is 10.0. The number of rotatable bonds is 13. The third kappa shape index (κ3) is 11.7. The number of carbonyl (C=O) groups excluding carboxylic acids is 3. The number of H-pyrrole nitrogens is 1. The number of carbonyl (C=O) groups is 3. The van der Waals surface area contributed by atoms with Gasteiger partial charge in [-0.05, 0) is 85.4 Å². The van der Waals surface area contributed by atoms with E-state index >= 15 is 0 Å². The van der Waals surface area contributed by atoms with Gasteiger partial charge in [-0.3, -0.25) is 19.5 Å². The number of anilines is 7. The number of aromatic nitrogens is 6. The maximum Gasteiger partial charge on any atom is 0.248 e. The molecule has 2 fully saturated rings. The molecule has 3 aromatic heterocycles. The molecule has 5 aromatic carbocycles. The van der Waals surface area contributed by atoms with E-state index in [1.54, 1.807) is 30.3 Å². The van der Waals surface area contributed by atoms with E-state index in [9.17, 15) is 14.4 Å². The van der Waals surface area contributed by atoms with Crippen LogP contribution in [0.3, 0.4) is 0 Å². The molecule has 0 unspecified atom stereocenters. The molecule has 0 spiro atoms. The second-order valence-electron chi connectivity index (χ2n) is 17.1. The Labute approximate surface area is 410 Å². The summed E-state index contributed by atoms with van der Waals surface area (Å²) in [7, 11) is 2.16. The monoisotopic (exact) mass is 947 g/mol.